The van der Waals surface area contributed by atoms with Gasteiger partial charge in [0.2, 0.25) is 0 Å². The largest absolute Gasteiger partial charge is 0.459 e. The highest BCUT2D eigenvalue weighted by molar-refractivity contribution is 6.32. The Morgan fingerprint density at radius 2 is 1.72 bits per heavy atom. The molecule has 1 aromatic heterocycles. The Labute approximate surface area is 149 Å². The standard InChI is InChI=1S/C20H14ClNO3/c21-17-5-2-1-4-14(17)9-12-18(23)15-7-10-16(11-8-15)22-20(24)19-6-3-13-25-19/h1-13H,(H,22,24)/b12-9+. The summed E-state index contributed by atoms with van der Waals surface area (Å²) in [6, 6.07) is 17.1. The van der Waals surface area contributed by atoms with Crippen molar-refractivity contribution in [2.75, 3.05) is 5.32 Å². The fourth-order valence-electron chi connectivity index (χ4n) is 2.19. The molecule has 0 bridgehead atoms. The molecule has 0 saturated carbocycles. The van der Waals surface area contributed by atoms with Crippen LogP contribution in [0.4, 0.5) is 5.69 Å². The monoisotopic (exact) mass is 351 g/mol. The maximum Gasteiger partial charge on any atom is 0.291 e. The summed E-state index contributed by atoms with van der Waals surface area (Å²) in [5, 5.41) is 3.28. The molecule has 124 valence electrons. The molecule has 0 fully saturated rings. The molecule has 1 N–H and O–H groups in total. The molecule has 3 aromatic rings. The topological polar surface area (TPSA) is 59.3 Å². The van der Waals surface area contributed by atoms with Gasteiger partial charge in [0, 0.05) is 16.3 Å². The quantitative estimate of drug-likeness (QED) is 0.515. The van der Waals surface area contributed by atoms with E-state index in [1.807, 2.05) is 18.2 Å². The summed E-state index contributed by atoms with van der Waals surface area (Å²) in [4.78, 5) is 24.1. The Hall–Kier alpha value is -3.11. The molecule has 0 saturated heterocycles. The normalized spacial score (nSPS) is 10.8. The third-order valence-electron chi connectivity index (χ3n) is 3.49. The Morgan fingerprint density at radius 1 is 0.960 bits per heavy atom. The van der Waals surface area contributed by atoms with E-state index in [9.17, 15) is 9.59 Å². The first-order chi connectivity index (χ1) is 12.1. The molecule has 3 rings (SSSR count). The Balaban J connectivity index is 1.66. The van der Waals surface area contributed by atoms with E-state index >= 15 is 0 Å². The molecule has 1 heterocycles. The van der Waals surface area contributed by atoms with Gasteiger partial charge in [-0.15, -0.1) is 0 Å². The van der Waals surface area contributed by atoms with Gasteiger partial charge < -0.3 is 9.73 Å². The van der Waals surface area contributed by atoms with E-state index in [4.69, 9.17) is 16.0 Å². The number of rotatable bonds is 5. The number of anilines is 1. The minimum atomic E-state index is -0.345. The lowest BCUT2D eigenvalue weighted by molar-refractivity contribution is 0.0996. The van der Waals surface area contributed by atoms with Crippen LogP contribution in [-0.4, -0.2) is 11.7 Å². The highest BCUT2D eigenvalue weighted by Crippen LogP contribution is 2.17. The van der Waals surface area contributed by atoms with Crippen LogP contribution in [0.1, 0.15) is 26.5 Å². The van der Waals surface area contributed by atoms with Crippen molar-refractivity contribution < 1.29 is 14.0 Å². The predicted molar refractivity (Wildman–Crippen MR) is 97.9 cm³/mol. The van der Waals surface area contributed by atoms with E-state index in [2.05, 4.69) is 5.32 Å². The molecule has 0 aliphatic rings. The lowest BCUT2D eigenvalue weighted by Crippen LogP contribution is -2.10. The number of hydrogen-bond donors (Lipinski definition) is 1. The van der Waals surface area contributed by atoms with Gasteiger partial charge in [-0.25, -0.2) is 0 Å². The number of halogens is 1. The van der Waals surface area contributed by atoms with Crippen LogP contribution in [0.25, 0.3) is 6.08 Å². The van der Waals surface area contributed by atoms with Crippen molar-refractivity contribution in [2.24, 2.45) is 0 Å². The second-order valence-corrected chi connectivity index (χ2v) is 5.64. The van der Waals surface area contributed by atoms with E-state index in [-0.39, 0.29) is 17.5 Å². The molecule has 4 nitrogen and oxygen atoms in total. The molecule has 0 aliphatic heterocycles. The first-order valence-electron chi connectivity index (χ1n) is 7.55. The van der Waals surface area contributed by atoms with E-state index < -0.39 is 0 Å². The van der Waals surface area contributed by atoms with Crippen molar-refractivity contribution in [2.45, 2.75) is 0 Å². The van der Waals surface area contributed by atoms with Crippen LogP contribution in [0.2, 0.25) is 5.02 Å². The number of hydrogen-bond acceptors (Lipinski definition) is 3. The maximum atomic E-state index is 12.2. The average Bonchev–Trinajstić information content (AvgIpc) is 3.16. The van der Waals surface area contributed by atoms with Crippen LogP contribution >= 0.6 is 11.6 Å². The van der Waals surface area contributed by atoms with Crippen molar-refractivity contribution in [3.05, 3.63) is 94.9 Å². The molecular formula is C20H14ClNO3. The third kappa shape index (κ3) is 4.25. The Kier molecular flexibility index (Phi) is 5.11. The van der Waals surface area contributed by atoms with Gasteiger partial charge in [-0.1, -0.05) is 29.8 Å². The molecule has 0 aliphatic carbocycles. The van der Waals surface area contributed by atoms with Gasteiger partial charge in [-0.3, -0.25) is 9.59 Å². The molecule has 1 amide bonds. The molecule has 0 unspecified atom stereocenters. The summed E-state index contributed by atoms with van der Waals surface area (Å²) in [5.74, 6) is -0.269. The fourth-order valence-corrected chi connectivity index (χ4v) is 2.39. The zero-order chi connectivity index (χ0) is 17.6. The maximum absolute atomic E-state index is 12.2. The van der Waals surface area contributed by atoms with Crippen molar-refractivity contribution >= 4 is 35.1 Å². The molecular weight excluding hydrogens is 338 g/mol. The van der Waals surface area contributed by atoms with Crippen LogP contribution in [-0.2, 0) is 0 Å². The van der Waals surface area contributed by atoms with Crippen LogP contribution in [0.15, 0.2) is 77.4 Å². The van der Waals surface area contributed by atoms with Crippen LogP contribution in [0.3, 0.4) is 0 Å². The SMILES string of the molecule is O=C(/C=C/c1ccccc1Cl)c1ccc(NC(=O)c2ccco2)cc1. The second kappa shape index (κ2) is 7.64. The highest BCUT2D eigenvalue weighted by Gasteiger charge is 2.09. The molecule has 0 spiro atoms. The van der Waals surface area contributed by atoms with E-state index in [0.29, 0.717) is 16.3 Å². The number of carbonyl (C=O) groups excluding carboxylic acids is 2. The van der Waals surface area contributed by atoms with Gasteiger partial charge in [-0.05, 0) is 60.2 Å². The van der Waals surface area contributed by atoms with Crippen molar-refractivity contribution in [1.82, 2.24) is 0 Å². The van der Waals surface area contributed by atoms with Gasteiger partial charge in [0.15, 0.2) is 11.5 Å². The first-order valence-corrected chi connectivity index (χ1v) is 7.93. The van der Waals surface area contributed by atoms with Gasteiger partial charge in [-0.2, -0.15) is 0 Å². The van der Waals surface area contributed by atoms with Crippen LogP contribution in [0, 0.1) is 0 Å². The summed E-state index contributed by atoms with van der Waals surface area (Å²) >= 11 is 6.05. The molecule has 25 heavy (non-hydrogen) atoms. The van der Waals surface area contributed by atoms with Gasteiger partial charge in [0.25, 0.3) is 5.91 Å². The zero-order valence-electron chi connectivity index (χ0n) is 13.1. The summed E-state index contributed by atoms with van der Waals surface area (Å²) in [7, 11) is 0. The number of furan rings is 1. The molecule has 5 heteroatoms. The summed E-state index contributed by atoms with van der Waals surface area (Å²) in [6.07, 6.45) is 4.58. The predicted octanol–water partition coefficient (Wildman–Crippen LogP) is 5.08. The Bertz CT molecular complexity index is 912. The second-order valence-electron chi connectivity index (χ2n) is 5.23. The van der Waals surface area contributed by atoms with Gasteiger partial charge in [0.1, 0.15) is 0 Å². The molecule has 0 atom stereocenters. The number of nitrogens with one attached hydrogen (secondary N) is 1. The summed E-state index contributed by atoms with van der Waals surface area (Å²) in [5.41, 5.74) is 1.87. The van der Waals surface area contributed by atoms with Crippen molar-refractivity contribution in [1.29, 1.82) is 0 Å². The zero-order valence-corrected chi connectivity index (χ0v) is 13.9. The van der Waals surface area contributed by atoms with Gasteiger partial charge >= 0.3 is 0 Å². The number of allylic oxidation sites excluding steroid dienone is 1. The lowest BCUT2D eigenvalue weighted by Gasteiger charge is -2.04. The number of ketones is 1. The number of carbonyl (C=O) groups is 2. The smallest absolute Gasteiger partial charge is 0.291 e. The van der Waals surface area contributed by atoms with E-state index in [0.717, 1.165) is 5.56 Å². The Morgan fingerprint density at radius 3 is 2.40 bits per heavy atom. The van der Waals surface area contributed by atoms with E-state index in [1.54, 1.807) is 48.5 Å². The highest BCUT2D eigenvalue weighted by atomic mass is 35.5. The van der Waals surface area contributed by atoms with Crippen molar-refractivity contribution in [3.63, 3.8) is 0 Å². The number of benzene rings is 2. The van der Waals surface area contributed by atoms with Crippen LogP contribution in [0.5, 0.6) is 0 Å². The summed E-state index contributed by atoms with van der Waals surface area (Å²) in [6.45, 7) is 0. The molecule has 0 radical (unpaired) electrons. The summed E-state index contributed by atoms with van der Waals surface area (Å²) < 4.78 is 5.03. The van der Waals surface area contributed by atoms with Crippen LogP contribution < -0.4 is 5.32 Å². The average molecular weight is 352 g/mol. The lowest BCUT2D eigenvalue weighted by atomic mass is 10.1. The fraction of sp³-hybridized carbons (Fsp3) is 0. The minimum Gasteiger partial charge on any atom is -0.459 e. The van der Waals surface area contributed by atoms with Crippen molar-refractivity contribution in [3.8, 4) is 0 Å². The number of amides is 1. The third-order valence-corrected chi connectivity index (χ3v) is 3.84. The molecule has 2 aromatic carbocycles. The van der Waals surface area contributed by atoms with E-state index in [1.165, 1.54) is 12.3 Å². The minimum absolute atomic E-state index is 0.149. The first kappa shape index (κ1) is 16.7. The van der Waals surface area contributed by atoms with Gasteiger partial charge in [0.05, 0.1) is 6.26 Å².